The number of hydroxylamine groups is 2. The molecule has 0 radical (unpaired) electrons. The molecule has 35 heavy (non-hydrogen) atoms. The number of hydrogen-bond donors (Lipinski definition) is 1. The Morgan fingerprint density at radius 1 is 1.09 bits per heavy atom. The van der Waals surface area contributed by atoms with Crippen LogP contribution < -0.4 is 11.4 Å². The lowest BCUT2D eigenvalue weighted by molar-refractivity contribution is -0.238. The standard InChI is InChI=1S/C23H29F3N4O5/c1-28-19-15(9-6-4-2-3-5-7-14-27)10-8-11-16(19)29(22(28)34)17-12-13-18(31)30(20(17)32)35-21(33)23(24,25)26/h8,10-11,17H,2-7,9,12-14,27H2,1H3. The van der Waals surface area contributed by atoms with Crippen LogP contribution in [0.15, 0.2) is 23.0 Å². The zero-order valence-corrected chi connectivity index (χ0v) is 19.5. The number of fused-ring (bicyclic) bond motifs is 1. The number of alkyl halides is 3. The fourth-order valence-electron chi connectivity index (χ4n) is 4.40. The molecular weight excluding hydrogens is 469 g/mol. The van der Waals surface area contributed by atoms with Gasteiger partial charge in [-0.15, -0.1) is 5.06 Å². The lowest BCUT2D eigenvalue weighted by Gasteiger charge is -2.29. The molecule has 1 aromatic heterocycles. The fourth-order valence-corrected chi connectivity index (χ4v) is 4.40. The summed E-state index contributed by atoms with van der Waals surface area (Å²) >= 11 is 0. The molecule has 1 fully saturated rings. The largest absolute Gasteiger partial charge is 0.493 e. The number of imidazole rings is 1. The average molecular weight is 499 g/mol. The van der Waals surface area contributed by atoms with Gasteiger partial charge in [0.25, 0.3) is 11.8 Å². The highest BCUT2D eigenvalue weighted by atomic mass is 19.4. The van der Waals surface area contributed by atoms with E-state index in [1.807, 2.05) is 6.07 Å². The highest BCUT2D eigenvalue weighted by Gasteiger charge is 2.47. The number of nitrogens with zero attached hydrogens (tertiary/aromatic N) is 3. The number of aromatic nitrogens is 2. The number of aryl methyl sites for hydroxylation is 2. The number of carbonyl (C=O) groups excluding carboxylic acids is 3. The minimum Gasteiger partial charge on any atom is -0.330 e. The molecule has 192 valence electrons. The second-order valence-electron chi connectivity index (χ2n) is 8.61. The van der Waals surface area contributed by atoms with Crippen LogP contribution in [0.1, 0.15) is 63.0 Å². The van der Waals surface area contributed by atoms with Crippen molar-refractivity contribution in [3.8, 4) is 0 Å². The van der Waals surface area contributed by atoms with E-state index in [9.17, 15) is 32.3 Å². The zero-order valence-electron chi connectivity index (χ0n) is 19.5. The number of para-hydroxylation sites is 1. The molecule has 1 saturated heterocycles. The van der Waals surface area contributed by atoms with E-state index in [2.05, 4.69) is 4.84 Å². The van der Waals surface area contributed by atoms with Crippen LogP contribution in [0.5, 0.6) is 0 Å². The fraction of sp³-hybridized carbons (Fsp3) is 0.565. The summed E-state index contributed by atoms with van der Waals surface area (Å²) in [4.78, 5) is 53.3. The Labute approximate surface area is 199 Å². The van der Waals surface area contributed by atoms with Gasteiger partial charge >= 0.3 is 17.8 Å². The molecule has 1 unspecified atom stereocenters. The van der Waals surface area contributed by atoms with Gasteiger partial charge in [0, 0.05) is 13.5 Å². The van der Waals surface area contributed by atoms with Crippen LogP contribution in [0.2, 0.25) is 0 Å². The van der Waals surface area contributed by atoms with E-state index in [1.165, 1.54) is 4.57 Å². The van der Waals surface area contributed by atoms with Crippen LogP contribution in [0.4, 0.5) is 13.2 Å². The monoisotopic (exact) mass is 498 g/mol. The average Bonchev–Trinajstić information content (AvgIpc) is 3.06. The Morgan fingerprint density at radius 2 is 1.74 bits per heavy atom. The molecule has 2 amide bonds. The predicted molar refractivity (Wildman–Crippen MR) is 120 cm³/mol. The minimum atomic E-state index is -5.39. The van der Waals surface area contributed by atoms with Gasteiger partial charge in [-0.05, 0) is 43.9 Å². The third kappa shape index (κ3) is 5.75. The molecule has 0 aliphatic carbocycles. The van der Waals surface area contributed by atoms with Crippen LogP contribution in [-0.2, 0) is 32.7 Å². The Balaban J connectivity index is 1.84. The van der Waals surface area contributed by atoms with E-state index in [4.69, 9.17) is 5.73 Å². The molecule has 12 heteroatoms. The van der Waals surface area contributed by atoms with Crippen molar-refractivity contribution in [2.24, 2.45) is 12.8 Å². The van der Waals surface area contributed by atoms with Gasteiger partial charge in [0.1, 0.15) is 6.04 Å². The Kier molecular flexibility index (Phi) is 8.36. The third-order valence-corrected chi connectivity index (χ3v) is 6.15. The molecule has 1 atom stereocenters. The molecule has 0 saturated carbocycles. The second-order valence-corrected chi connectivity index (χ2v) is 8.61. The van der Waals surface area contributed by atoms with Gasteiger partial charge < -0.3 is 10.6 Å². The third-order valence-electron chi connectivity index (χ3n) is 6.15. The number of imide groups is 1. The van der Waals surface area contributed by atoms with E-state index in [-0.39, 0.29) is 17.9 Å². The number of halogens is 3. The van der Waals surface area contributed by atoms with Crippen molar-refractivity contribution in [3.63, 3.8) is 0 Å². The second kappa shape index (κ2) is 11.1. The molecule has 0 spiro atoms. The topological polar surface area (TPSA) is 117 Å². The molecule has 2 N–H and O–H groups in total. The summed E-state index contributed by atoms with van der Waals surface area (Å²) in [5, 5.41) is -0.177. The summed E-state index contributed by atoms with van der Waals surface area (Å²) in [7, 11) is 1.55. The first-order valence-corrected chi connectivity index (χ1v) is 11.6. The van der Waals surface area contributed by atoms with Crippen LogP contribution in [0, 0.1) is 0 Å². The number of hydrogen-bond acceptors (Lipinski definition) is 6. The normalized spacial score (nSPS) is 16.8. The van der Waals surface area contributed by atoms with Crippen molar-refractivity contribution in [3.05, 3.63) is 34.2 Å². The van der Waals surface area contributed by atoms with Crippen molar-refractivity contribution in [2.75, 3.05) is 6.54 Å². The van der Waals surface area contributed by atoms with Crippen molar-refractivity contribution in [2.45, 2.75) is 70.0 Å². The summed E-state index contributed by atoms with van der Waals surface area (Å²) in [5.74, 6) is -4.96. The maximum atomic E-state index is 13.1. The highest BCUT2D eigenvalue weighted by Crippen LogP contribution is 2.29. The van der Waals surface area contributed by atoms with Gasteiger partial charge in [0.2, 0.25) is 0 Å². The number of piperidine rings is 1. The highest BCUT2D eigenvalue weighted by molar-refractivity contribution is 6.00. The lowest BCUT2D eigenvalue weighted by atomic mass is 10.0. The van der Waals surface area contributed by atoms with Crippen LogP contribution in [-0.4, -0.2) is 44.7 Å². The van der Waals surface area contributed by atoms with Crippen molar-refractivity contribution >= 4 is 28.8 Å². The van der Waals surface area contributed by atoms with E-state index in [0.29, 0.717) is 24.0 Å². The van der Waals surface area contributed by atoms with Gasteiger partial charge in [-0.25, -0.2) is 9.59 Å². The molecule has 0 bridgehead atoms. The summed E-state index contributed by atoms with van der Waals surface area (Å²) in [6.07, 6.45) is 1.04. The van der Waals surface area contributed by atoms with E-state index < -0.39 is 35.7 Å². The van der Waals surface area contributed by atoms with Crippen LogP contribution in [0.25, 0.3) is 11.0 Å². The molecule has 1 aromatic carbocycles. The molecule has 2 heterocycles. The number of carbonyl (C=O) groups is 3. The molecule has 1 aliphatic rings. The number of rotatable bonds is 10. The van der Waals surface area contributed by atoms with Crippen molar-refractivity contribution in [1.82, 2.24) is 14.2 Å². The molecule has 2 aromatic rings. The first-order valence-electron chi connectivity index (χ1n) is 11.6. The van der Waals surface area contributed by atoms with Gasteiger partial charge in [0.15, 0.2) is 0 Å². The van der Waals surface area contributed by atoms with Gasteiger partial charge in [-0.1, -0.05) is 37.8 Å². The quantitative estimate of drug-likeness (QED) is 0.398. The van der Waals surface area contributed by atoms with E-state index in [0.717, 1.165) is 48.7 Å². The van der Waals surface area contributed by atoms with Crippen molar-refractivity contribution < 1.29 is 32.4 Å². The zero-order chi connectivity index (χ0) is 25.8. The van der Waals surface area contributed by atoms with Gasteiger partial charge in [-0.2, -0.15) is 13.2 Å². The molecule has 1 aliphatic heterocycles. The summed E-state index contributed by atoms with van der Waals surface area (Å²) in [6, 6.07) is 3.99. The molecular formula is C23H29F3N4O5. The Hall–Kier alpha value is -3.15. The maximum Gasteiger partial charge on any atom is 0.493 e. The number of benzene rings is 1. The van der Waals surface area contributed by atoms with E-state index >= 15 is 0 Å². The SMILES string of the molecule is Cn1c(=O)n(C2CCC(=O)N(OC(=O)C(F)(F)F)C2=O)c2cccc(CCCCCCCCN)c21. The molecule has 3 rings (SSSR count). The minimum absolute atomic E-state index is 0.107. The lowest BCUT2D eigenvalue weighted by Crippen LogP contribution is -2.49. The molecule has 9 nitrogen and oxygen atoms in total. The summed E-state index contributed by atoms with van der Waals surface area (Å²) < 4.78 is 40.4. The summed E-state index contributed by atoms with van der Waals surface area (Å²) in [6.45, 7) is 0.688. The van der Waals surface area contributed by atoms with Gasteiger partial charge in [0.05, 0.1) is 11.0 Å². The van der Waals surface area contributed by atoms with Crippen LogP contribution in [0.3, 0.4) is 0 Å². The number of nitrogens with two attached hydrogens (primary N) is 1. The van der Waals surface area contributed by atoms with Crippen LogP contribution >= 0.6 is 0 Å². The Morgan fingerprint density at radius 3 is 2.40 bits per heavy atom. The summed E-state index contributed by atoms with van der Waals surface area (Å²) in [5.41, 5.74) is 6.90. The van der Waals surface area contributed by atoms with Gasteiger partial charge in [-0.3, -0.25) is 18.7 Å². The predicted octanol–water partition coefficient (Wildman–Crippen LogP) is 2.89. The van der Waals surface area contributed by atoms with Crippen molar-refractivity contribution in [1.29, 1.82) is 0 Å². The first-order chi connectivity index (χ1) is 16.6. The smallest absolute Gasteiger partial charge is 0.330 e. The maximum absolute atomic E-state index is 13.1. The first kappa shape index (κ1) is 26.5. The number of amides is 2. The number of unbranched alkanes of at least 4 members (excludes halogenated alkanes) is 5. The van der Waals surface area contributed by atoms with E-state index in [1.54, 1.807) is 19.2 Å². The Bertz CT molecular complexity index is 1150.